The van der Waals surface area contributed by atoms with Crippen LogP contribution < -0.4 is 4.74 Å². The van der Waals surface area contributed by atoms with Crippen LogP contribution in [-0.2, 0) is 6.42 Å². The minimum atomic E-state index is -2.56. The summed E-state index contributed by atoms with van der Waals surface area (Å²) in [5, 5.41) is 0. The number of hydrogen-bond donors (Lipinski definition) is 0. The molecule has 1 aromatic carbocycles. The molecule has 1 rings (SSSR count). The molecule has 0 bridgehead atoms. The van der Waals surface area contributed by atoms with Gasteiger partial charge in [-0.2, -0.15) is 0 Å². The second-order valence-corrected chi connectivity index (χ2v) is 5.09. The molecule has 0 aliphatic rings. The molecule has 0 saturated carbocycles. The number of ether oxygens (including phenoxy) is 1. The number of unbranched alkanes of at least 4 members (excludes halogenated alkanes) is 1. The molecule has 0 aliphatic carbocycles. The molecule has 0 saturated heterocycles. The third-order valence-electron chi connectivity index (χ3n) is 3.41. The highest BCUT2D eigenvalue weighted by Gasteiger charge is 2.21. The number of halogens is 4. The Kier molecular flexibility index (Phi) is 8.16. The molecule has 5 heteroatoms. The van der Waals surface area contributed by atoms with Crippen LogP contribution in [0.4, 0.5) is 17.6 Å². The van der Waals surface area contributed by atoms with E-state index in [2.05, 4.69) is 0 Å². The summed E-state index contributed by atoms with van der Waals surface area (Å²) >= 11 is 0. The number of rotatable bonds is 10. The van der Waals surface area contributed by atoms with E-state index in [1.165, 1.54) is 0 Å². The average Bonchev–Trinajstić information content (AvgIpc) is 2.49. The van der Waals surface area contributed by atoms with Crippen molar-refractivity contribution in [3.8, 4) is 5.75 Å². The molecular formula is C16H22F4O. The SMILES string of the molecule is COc1ccc(CCCCC(F)C(F)CCC(F)F)cc1. The maximum absolute atomic E-state index is 13.4. The van der Waals surface area contributed by atoms with Crippen LogP contribution in [0.25, 0.3) is 0 Å². The molecule has 0 N–H and O–H groups in total. The molecule has 0 aliphatic heterocycles. The first kappa shape index (κ1) is 17.8. The van der Waals surface area contributed by atoms with E-state index in [-0.39, 0.29) is 6.42 Å². The van der Waals surface area contributed by atoms with Gasteiger partial charge in [0.05, 0.1) is 7.11 Å². The lowest BCUT2D eigenvalue weighted by Gasteiger charge is -2.13. The maximum atomic E-state index is 13.4. The Morgan fingerprint density at radius 1 is 0.857 bits per heavy atom. The van der Waals surface area contributed by atoms with Crippen molar-refractivity contribution in [3.05, 3.63) is 29.8 Å². The van der Waals surface area contributed by atoms with Crippen molar-refractivity contribution in [1.29, 1.82) is 0 Å². The van der Waals surface area contributed by atoms with Gasteiger partial charge in [-0.3, -0.25) is 0 Å². The number of hydrogen-bond acceptors (Lipinski definition) is 1. The Hall–Kier alpha value is -1.26. The third-order valence-corrected chi connectivity index (χ3v) is 3.41. The zero-order chi connectivity index (χ0) is 15.7. The minimum absolute atomic E-state index is 0.0839. The Bertz CT molecular complexity index is 380. The molecule has 1 aromatic rings. The van der Waals surface area contributed by atoms with Crippen LogP contribution in [0.5, 0.6) is 5.75 Å². The summed E-state index contributed by atoms with van der Waals surface area (Å²) < 4.78 is 55.6. The predicted octanol–water partition coefficient (Wildman–Crippen LogP) is 5.13. The van der Waals surface area contributed by atoms with E-state index in [4.69, 9.17) is 4.74 Å². The van der Waals surface area contributed by atoms with Gasteiger partial charge >= 0.3 is 0 Å². The zero-order valence-electron chi connectivity index (χ0n) is 12.2. The van der Waals surface area contributed by atoms with Crippen molar-refractivity contribution >= 4 is 0 Å². The second kappa shape index (κ2) is 9.64. The van der Waals surface area contributed by atoms with Crippen molar-refractivity contribution in [1.82, 2.24) is 0 Å². The standard InChI is InChI=1S/C16H22F4O/c1-21-13-8-6-12(7-9-13)4-2-3-5-14(17)15(18)10-11-16(19)20/h6-9,14-16H,2-5,10-11H2,1H3. The highest BCUT2D eigenvalue weighted by molar-refractivity contribution is 5.27. The molecule has 0 radical (unpaired) electrons. The van der Waals surface area contributed by atoms with Crippen LogP contribution in [0.2, 0.25) is 0 Å². The van der Waals surface area contributed by atoms with Gasteiger partial charge in [0.25, 0.3) is 0 Å². The van der Waals surface area contributed by atoms with Gasteiger partial charge in [-0.1, -0.05) is 18.6 Å². The van der Waals surface area contributed by atoms with Crippen LogP contribution in [0.1, 0.15) is 37.7 Å². The van der Waals surface area contributed by atoms with Crippen molar-refractivity contribution in [2.75, 3.05) is 7.11 Å². The van der Waals surface area contributed by atoms with E-state index < -0.39 is 31.6 Å². The molecule has 21 heavy (non-hydrogen) atoms. The highest BCUT2D eigenvalue weighted by atomic mass is 19.3. The fraction of sp³-hybridized carbons (Fsp3) is 0.625. The fourth-order valence-corrected chi connectivity index (χ4v) is 2.11. The lowest BCUT2D eigenvalue weighted by molar-refractivity contribution is 0.0940. The van der Waals surface area contributed by atoms with E-state index >= 15 is 0 Å². The summed E-state index contributed by atoms with van der Waals surface area (Å²) in [4.78, 5) is 0. The van der Waals surface area contributed by atoms with Crippen molar-refractivity contribution in [2.45, 2.75) is 57.3 Å². The predicted molar refractivity (Wildman–Crippen MR) is 75.6 cm³/mol. The number of alkyl halides is 4. The number of methoxy groups -OCH3 is 1. The molecule has 0 spiro atoms. The summed E-state index contributed by atoms with van der Waals surface area (Å²) in [6, 6.07) is 7.59. The van der Waals surface area contributed by atoms with Crippen molar-refractivity contribution in [3.63, 3.8) is 0 Å². The van der Waals surface area contributed by atoms with E-state index in [9.17, 15) is 17.6 Å². The molecular weight excluding hydrogens is 284 g/mol. The summed E-state index contributed by atoms with van der Waals surface area (Å²) in [6.07, 6.45) is -4.81. The Labute approximate surface area is 123 Å². The Morgan fingerprint density at radius 3 is 2.05 bits per heavy atom. The molecule has 0 fully saturated rings. The second-order valence-electron chi connectivity index (χ2n) is 5.09. The first-order chi connectivity index (χ1) is 10.0. The largest absolute Gasteiger partial charge is 0.497 e. The molecule has 0 aromatic heterocycles. The first-order valence-electron chi connectivity index (χ1n) is 7.22. The molecule has 2 unspecified atom stereocenters. The quantitative estimate of drug-likeness (QED) is 0.430. The Morgan fingerprint density at radius 2 is 1.48 bits per heavy atom. The van der Waals surface area contributed by atoms with Crippen LogP contribution >= 0.6 is 0 Å². The van der Waals surface area contributed by atoms with E-state index in [1.54, 1.807) is 7.11 Å². The number of aryl methyl sites for hydroxylation is 1. The third kappa shape index (κ3) is 7.34. The van der Waals surface area contributed by atoms with Gasteiger partial charge < -0.3 is 4.74 Å². The van der Waals surface area contributed by atoms with E-state index in [0.29, 0.717) is 6.42 Å². The van der Waals surface area contributed by atoms with Gasteiger partial charge in [-0.05, 0) is 43.4 Å². The molecule has 0 heterocycles. The topological polar surface area (TPSA) is 9.23 Å². The monoisotopic (exact) mass is 306 g/mol. The van der Waals surface area contributed by atoms with E-state index in [1.807, 2.05) is 24.3 Å². The molecule has 2 atom stereocenters. The summed E-state index contributed by atoms with van der Waals surface area (Å²) in [6.45, 7) is 0. The van der Waals surface area contributed by atoms with Crippen LogP contribution in [0.3, 0.4) is 0 Å². The maximum Gasteiger partial charge on any atom is 0.238 e. The summed E-state index contributed by atoms with van der Waals surface area (Å²) in [7, 11) is 1.60. The smallest absolute Gasteiger partial charge is 0.238 e. The fourth-order valence-electron chi connectivity index (χ4n) is 2.11. The zero-order valence-corrected chi connectivity index (χ0v) is 12.2. The molecule has 1 nitrogen and oxygen atoms in total. The lowest BCUT2D eigenvalue weighted by Crippen LogP contribution is -2.18. The number of benzene rings is 1. The highest BCUT2D eigenvalue weighted by Crippen LogP contribution is 2.19. The normalized spacial score (nSPS) is 14.2. The summed E-state index contributed by atoms with van der Waals surface area (Å²) in [5.74, 6) is 0.780. The van der Waals surface area contributed by atoms with Crippen LogP contribution in [-0.4, -0.2) is 25.9 Å². The van der Waals surface area contributed by atoms with E-state index in [0.717, 1.165) is 24.2 Å². The van der Waals surface area contributed by atoms with Gasteiger partial charge in [0.1, 0.15) is 18.1 Å². The van der Waals surface area contributed by atoms with Crippen molar-refractivity contribution < 1.29 is 22.3 Å². The van der Waals surface area contributed by atoms with Crippen LogP contribution in [0.15, 0.2) is 24.3 Å². The van der Waals surface area contributed by atoms with Crippen molar-refractivity contribution in [2.24, 2.45) is 0 Å². The Balaban J connectivity index is 2.17. The minimum Gasteiger partial charge on any atom is -0.497 e. The van der Waals surface area contributed by atoms with Gasteiger partial charge in [0.2, 0.25) is 6.43 Å². The van der Waals surface area contributed by atoms with Gasteiger partial charge in [0.15, 0.2) is 0 Å². The summed E-state index contributed by atoms with van der Waals surface area (Å²) in [5.41, 5.74) is 1.11. The van der Waals surface area contributed by atoms with Gasteiger partial charge in [-0.25, -0.2) is 17.6 Å². The average molecular weight is 306 g/mol. The van der Waals surface area contributed by atoms with Crippen LogP contribution in [0, 0.1) is 0 Å². The molecule has 0 amide bonds. The van der Waals surface area contributed by atoms with Gasteiger partial charge in [-0.15, -0.1) is 0 Å². The van der Waals surface area contributed by atoms with Gasteiger partial charge in [0, 0.05) is 6.42 Å². The molecule has 120 valence electrons. The first-order valence-corrected chi connectivity index (χ1v) is 7.22. The lowest BCUT2D eigenvalue weighted by atomic mass is 10.0.